The maximum absolute atomic E-state index is 14.1. The molecule has 1 aromatic carbocycles. The second-order valence-electron chi connectivity index (χ2n) is 8.14. The third kappa shape index (κ3) is 5.33. The van der Waals surface area contributed by atoms with E-state index in [2.05, 4.69) is 20.6 Å². The summed E-state index contributed by atoms with van der Waals surface area (Å²) in [5.74, 6) is -0.567. The fraction of sp³-hybridized carbons (Fsp3) is 0.318. The molecular formula is C22H23ClFN5O3S. The lowest BCUT2D eigenvalue weighted by atomic mass is 10.0. The Bertz CT molecular complexity index is 1340. The van der Waals surface area contributed by atoms with Gasteiger partial charge < -0.3 is 10.6 Å². The van der Waals surface area contributed by atoms with Gasteiger partial charge in [-0.25, -0.2) is 22.8 Å². The first-order chi connectivity index (χ1) is 15.6. The highest BCUT2D eigenvalue weighted by Gasteiger charge is 2.34. The number of rotatable bonds is 8. The van der Waals surface area contributed by atoms with Crippen LogP contribution in [0.2, 0.25) is 5.02 Å². The van der Waals surface area contributed by atoms with E-state index < -0.39 is 27.6 Å². The van der Waals surface area contributed by atoms with E-state index in [-0.39, 0.29) is 16.9 Å². The monoisotopic (exact) mass is 491 g/mol. The summed E-state index contributed by atoms with van der Waals surface area (Å²) in [6, 6.07) is 3.99. The van der Waals surface area contributed by atoms with Gasteiger partial charge in [0, 0.05) is 30.1 Å². The Morgan fingerprint density at radius 1 is 1.33 bits per heavy atom. The summed E-state index contributed by atoms with van der Waals surface area (Å²) >= 11 is 6.24. The molecule has 3 aromatic rings. The molecular weight excluding hydrogens is 469 g/mol. The van der Waals surface area contributed by atoms with Gasteiger partial charge in [0.25, 0.3) is 5.91 Å². The van der Waals surface area contributed by atoms with Crippen LogP contribution in [0.15, 0.2) is 48.3 Å². The Balaban J connectivity index is 1.60. The zero-order valence-electron chi connectivity index (χ0n) is 18.0. The summed E-state index contributed by atoms with van der Waals surface area (Å²) in [5, 5.41) is 7.22. The van der Waals surface area contributed by atoms with Crippen LogP contribution in [0.25, 0.3) is 5.65 Å². The molecule has 1 fully saturated rings. The Hall–Kier alpha value is -2.98. The van der Waals surface area contributed by atoms with E-state index >= 15 is 0 Å². The van der Waals surface area contributed by atoms with Crippen molar-refractivity contribution in [3.05, 3.63) is 70.5 Å². The van der Waals surface area contributed by atoms with Gasteiger partial charge in [-0.05, 0) is 37.3 Å². The molecule has 1 aliphatic rings. The van der Waals surface area contributed by atoms with Gasteiger partial charge in [-0.15, -0.1) is 0 Å². The summed E-state index contributed by atoms with van der Waals surface area (Å²) in [6.45, 7) is 1.66. The highest BCUT2D eigenvalue weighted by Crippen LogP contribution is 2.45. The third-order valence-corrected chi connectivity index (χ3v) is 6.37. The van der Waals surface area contributed by atoms with Crippen molar-refractivity contribution in [2.75, 3.05) is 11.6 Å². The number of nitrogens with zero attached hydrogens (tertiary/aromatic N) is 3. The van der Waals surface area contributed by atoms with Crippen molar-refractivity contribution in [1.82, 2.24) is 19.7 Å². The average Bonchev–Trinajstić information content (AvgIpc) is 3.47. The van der Waals surface area contributed by atoms with E-state index in [4.69, 9.17) is 11.6 Å². The molecule has 0 bridgehead atoms. The Labute approximate surface area is 195 Å². The van der Waals surface area contributed by atoms with E-state index in [1.54, 1.807) is 35.9 Å². The molecule has 0 saturated heterocycles. The Morgan fingerprint density at radius 3 is 2.79 bits per heavy atom. The number of anilines is 1. The molecule has 1 aliphatic carbocycles. The molecule has 4 rings (SSSR count). The van der Waals surface area contributed by atoms with Crippen molar-refractivity contribution >= 4 is 38.7 Å². The molecule has 33 heavy (non-hydrogen) atoms. The van der Waals surface area contributed by atoms with Crippen LogP contribution < -0.4 is 10.6 Å². The minimum absolute atomic E-state index is 0.0846. The van der Waals surface area contributed by atoms with E-state index in [0.717, 1.165) is 24.5 Å². The zero-order valence-corrected chi connectivity index (χ0v) is 19.6. The van der Waals surface area contributed by atoms with Crippen LogP contribution in [-0.4, -0.2) is 41.0 Å². The molecule has 8 nitrogen and oxygen atoms in total. The van der Waals surface area contributed by atoms with Gasteiger partial charge in [-0.1, -0.05) is 29.8 Å². The first-order valence-corrected chi connectivity index (χ1v) is 12.7. The van der Waals surface area contributed by atoms with E-state index in [1.165, 1.54) is 18.3 Å². The molecule has 0 unspecified atom stereocenters. The fourth-order valence-electron chi connectivity index (χ4n) is 3.58. The van der Waals surface area contributed by atoms with Crippen molar-refractivity contribution < 1.29 is 17.6 Å². The van der Waals surface area contributed by atoms with Gasteiger partial charge in [0.05, 0.1) is 22.9 Å². The van der Waals surface area contributed by atoms with Crippen LogP contribution in [0.5, 0.6) is 0 Å². The van der Waals surface area contributed by atoms with Crippen molar-refractivity contribution in [3.63, 3.8) is 0 Å². The highest BCUT2D eigenvalue weighted by atomic mass is 35.5. The molecule has 2 heterocycles. The number of sulfone groups is 1. The normalized spacial score (nSPS) is 16.1. The maximum Gasteiger partial charge on any atom is 0.288 e. The van der Waals surface area contributed by atoms with Crippen LogP contribution >= 0.6 is 11.6 Å². The predicted molar refractivity (Wildman–Crippen MR) is 124 cm³/mol. The summed E-state index contributed by atoms with van der Waals surface area (Å²) in [5.41, 5.74) is 1.73. The second-order valence-corrected chi connectivity index (χ2v) is 10.4. The van der Waals surface area contributed by atoms with Crippen molar-refractivity contribution in [1.29, 1.82) is 0 Å². The minimum atomic E-state index is -3.30. The van der Waals surface area contributed by atoms with Crippen molar-refractivity contribution in [2.45, 2.75) is 31.8 Å². The second kappa shape index (κ2) is 9.11. The van der Waals surface area contributed by atoms with Crippen LogP contribution in [0.4, 0.5) is 10.1 Å². The number of halogens is 2. The van der Waals surface area contributed by atoms with Gasteiger partial charge in [0.2, 0.25) is 5.82 Å². The zero-order chi connectivity index (χ0) is 23.8. The Kier molecular flexibility index (Phi) is 6.40. The quantitative estimate of drug-likeness (QED) is 0.497. The van der Waals surface area contributed by atoms with Gasteiger partial charge >= 0.3 is 0 Å². The lowest BCUT2D eigenvalue weighted by Gasteiger charge is -2.22. The number of benzene rings is 1. The molecule has 11 heteroatoms. The van der Waals surface area contributed by atoms with Gasteiger partial charge in [0.1, 0.15) is 5.82 Å². The van der Waals surface area contributed by atoms with Gasteiger partial charge in [0.15, 0.2) is 15.5 Å². The molecule has 2 atom stereocenters. The van der Waals surface area contributed by atoms with Crippen LogP contribution in [-0.2, 0) is 9.84 Å². The number of amides is 1. The van der Waals surface area contributed by atoms with Gasteiger partial charge in [-0.2, -0.15) is 0 Å². The lowest BCUT2D eigenvalue weighted by molar-refractivity contribution is 0.0935. The maximum atomic E-state index is 14.1. The molecule has 2 N–H and O–H groups in total. The fourth-order valence-corrected chi connectivity index (χ4v) is 4.34. The first kappa shape index (κ1) is 23.2. The van der Waals surface area contributed by atoms with E-state index in [0.29, 0.717) is 22.8 Å². The number of hydrogen-bond acceptors (Lipinski definition) is 6. The SMILES string of the molecule is C[C@H](/C=C/S(C)(=O)=O)NC(=O)c1ncc(N[C@@H](c2cccc(F)c2Cl)C2CC2)c2nccn12. The van der Waals surface area contributed by atoms with Crippen molar-refractivity contribution in [2.24, 2.45) is 5.92 Å². The molecule has 2 aromatic heterocycles. The predicted octanol–water partition coefficient (Wildman–Crippen LogP) is 3.76. The van der Waals surface area contributed by atoms with E-state index in [9.17, 15) is 17.6 Å². The largest absolute Gasteiger partial charge is 0.374 e. The summed E-state index contributed by atoms with van der Waals surface area (Å²) in [4.78, 5) is 21.4. The minimum Gasteiger partial charge on any atom is -0.374 e. The molecule has 1 amide bonds. The molecule has 0 spiro atoms. The summed E-state index contributed by atoms with van der Waals surface area (Å²) < 4.78 is 38.2. The summed E-state index contributed by atoms with van der Waals surface area (Å²) in [7, 11) is -3.30. The average molecular weight is 492 g/mol. The molecule has 0 aliphatic heterocycles. The Morgan fingerprint density at radius 2 is 2.09 bits per heavy atom. The third-order valence-electron chi connectivity index (χ3n) is 5.32. The summed E-state index contributed by atoms with van der Waals surface area (Å²) in [6.07, 6.45) is 9.11. The number of hydrogen-bond donors (Lipinski definition) is 2. The molecule has 174 valence electrons. The number of imidazole rings is 1. The smallest absolute Gasteiger partial charge is 0.288 e. The molecule has 0 radical (unpaired) electrons. The van der Waals surface area contributed by atoms with E-state index in [1.807, 2.05) is 0 Å². The van der Waals surface area contributed by atoms with Crippen LogP contribution in [0.3, 0.4) is 0 Å². The lowest BCUT2D eigenvalue weighted by Crippen LogP contribution is -2.33. The van der Waals surface area contributed by atoms with Gasteiger partial charge in [-0.3, -0.25) is 9.20 Å². The number of fused-ring (bicyclic) bond motifs is 1. The standard InChI is InChI=1S/C22H23ClFN5O3S/c1-13(8-11-33(2,31)32)27-22(30)21-26-12-17(20-25-9-10-29(20)21)28-19(14-6-7-14)15-4-3-5-16(24)18(15)23/h3-5,8-14,19,28H,6-7H2,1-2H3,(H,27,30)/b11-8+/t13-,19-/m1/s1. The number of carbonyl (C=O) groups excluding carboxylic acids is 1. The van der Waals surface area contributed by atoms with Crippen LogP contribution in [0, 0.1) is 11.7 Å². The number of aromatic nitrogens is 3. The highest BCUT2D eigenvalue weighted by molar-refractivity contribution is 7.93. The number of nitrogens with one attached hydrogen (secondary N) is 2. The van der Waals surface area contributed by atoms with Crippen LogP contribution in [0.1, 0.15) is 42.0 Å². The van der Waals surface area contributed by atoms with Crippen molar-refractivity contribution in [3.8, 4) is 0 Å². The molecule has 1 saturated carbocycles. The first-order valence-electron chi connectivity index (χ1n) is 10.4. The topological polar surface area (TPSA) is 105 Å². The number of carbonyl (C=O) groups is 1.